The summed E-state index contributed by atoms with van der Waals surface area (Å²) in [4.78, 5) is 37.0. The lowest BCUT2D eigenvalue weighted by Gasteiger charge is -2.13. The second-order valence-electron chi connectivity index (χ2n) is 7.67. The van der Waals surface area contributed by atoms with Crippen LogP contribution in [0.5, 0.6) is 5.75 Å². The molecule has 33 heavy (non-hydrogen) atoms. The summed E-state index contributed by atoms with van der Waals surface area (Å²) in [5.74, 6) is -0.254. The molecular weight excluding hydrogens is 442 g/mol. The number of anilines is 1. The zero-order valence-electron chi connectivity index (χ0n) is 17.8. The zero-order valence-corrected chi connectivity index (χ0v) is 18.7. The molecule has 0 bridgehead atoms. The number of fused-ring (bicyclic) bond motifs is 1. The molecule has 1 aromatic heterocycles. The van der Waals surface area contributed by atoms with Crippen LogP contribution in [-0.4, -0.2) is 23.3 Å². The fourth-order valence-electron chi connectivity index (χ4n) is 3.74. The van der Waals surface area contributed by atoms with Crippen LogP contribution in [0.4, 0.5) is 10.7 Å². The quantitative estimate of drug-likeness (QED) is 0.376. The molecule has 0 aliphatic heterocycles. The van der Waals surface area contributed by atoms with Crippen LogP contribution in [0.2, 0.25) is 0 Å². The van der Waals surface area contributed by atoms with Gasteiger partial charge in [-0.1, -0.05) is 30.3 Å². The van der Waals surface area contributed by atoms with E-state index in [-0.39, 0.29) is 18.2 Å². The first-order chi connectivity index (χ1) is 16.0. The summed E-state index contributed by atoms with van der Waals surface area (Å²) in [7, 11) is 0. The van der Waals surface area contributed by atoms with E-state index in [1.54, 1.807) is 0 Å². The van der Waals surface area contributed by atoms with E-state index < -0.39 is 10.8 Å². The summed E-state index contributed by atoms with van der Waals surface area (Å²) in [6, 6.07) is 15.2. The van der Waals surface area contributed by atoms with Gasteiger partial charge in [0.25, 0.3) is 17.5 Å². The number of nitro benzene ring substituents is 1. The first-order valence-corrected chi connectivity index (χ1v) is 11.5. The summed E-state index contributed by atoms with van der Waals surface area (Å²) in [6.45, 7) is 0.131. The van der Waals surface area contributed by atoms with E-state index in [1.165, 1.54) is 35.6 Å². The van der Waals surface area contributed by atoms with Crippen molar-refractivity contribution in [1.29, 1.82) is 0 Å². The number of carbonyl (C=O) groups excluding carboxylic acids is 2. The lowest BCUT2D eigenvalue weighted by atomic mass is 9.95. The number of amides is 2. The Labute approximate surface area is 194 Å². The van der Waals surface area contributed by atoms with Crippen LogP contribution in [0.3, 0.4) is 0 Å². The number of ether oxygens (including phenoxy) is 1. The van der Waals surface area contributed by atoms with Gasteiger partial charge >= 0.3 is 0 Å². The van der Waals surface area contributed by atoms with Crippen molar-refractivity contribution in [3.63, 3.8) is 0 Å². The fraction of sp³-hybridized carbons (Fsp3) is 0.250. The number of thiophene rings is 1. The minimum absolute atomic E-state index is 0.0536. The van der Waals surface area contributed by atoms with Gasteiger partial charge in [-0.25, -0.2) is 0 Å². The van der Waals surface area contributed by atoms with Crippen molar-refractivity contribution in [1.82, 2.24) is 5.32 Å². The Bertz CT molecular complexity index is 1160. The Hall–Kier alpha value is -3.72. The van der Waals surface area contributed by atoms with Crippen molar-refractivity contribution in [2.75, 3.05) is 11.9 Å². The number of non-ortho nitro benzene ring substituents is 1. The molecule has 2 aromatic carbocycles. The largest absolute Gasteiger partial charge is 0.484 e. The molecule has 4 rings (SSSR count). The molecule has 0 fully saturated rings. The molecule has 1 aliphatic carbocycles. The van der Waals surface area contributed by atoms with Gasteiger partial charge in [-0.05, 0) is 48.9 Å². The summed E-state index contributed by atoms with van der Waals surface area (Å²) in [6.07, 6.45) is 3.79. The van der Waals surface area contributed by atoms with Crippen molar-refractivity contribution in [3.05, 3.63) is 86.3 Å². The van der Waals surface area contributed by atoms with Crippen molar-refractivity contribution in [3.8, 4) is 5.75 Å². The molecule has 170 valence electrons. The topological polar surface area (TPSA) is 111 Å². The average molecular weight is 466 g/mol. The van der Waals surface area contributed by atoms with Crippen LogP contribution in [0, 0.1) is 10.1 Å². The lowest BCUT2D eigenvalue weighted by molar-refractivity contribution is -0.384. The summed E-state index contributed by atoms with van der Waals surface area (Å²) < 4.78 is 5.45. The Morgan fingerprint density at radius 3 is 2.48 bits per heavy atom. The van der Waals surface area contributed by atoms with Gasteiger partial charge in [-0.2, -0.15) is 0 Å². The summed E-state index contributed by atoms with van der Waals surface area (Å²) in [5.41, 5.74) is 2.50. The maximum atomic E-state index is 13.1. The summed E-state index contributed by atoms with van der Waals surface area (Å²) >= 11 is 1.44. The van der Waals surface area contributed by atoms with Gasteiger partial charge in [0, 0.05) is 23.6 Å². The lowest BCUT2D eigenvalue weighted by Crippen LogP contribution is -2.26. The number of nitrogens with one attached hydrogen (secondary N) is 2. The molecule has 2 N–H and O–H groups in total. The second-order valence-corrected chi connectivity index (χ2v) is 8.78. The number of benzene rings is 2. The standard InChI is InChI=1S/C24H23N3O5S/c28-21(15-32-18-12-10-17(11-13-18)27(30)31)26-24-22(19-8-4-5-9-20(19)33-24)23(29)25-14-16-6-2-1-3-7-16/h1-3,6-7,10-13H,4-5,8-9,14-15H2,(H,25,29)(H,26,28). The summed E-state index contributed by atoms with van der Waals surface area (Å²) in [5, 5.41) is 17.1. The van der Waals surface area contributed by atoms with Crippen LogP contribution < -0.4 is 15.4 Å². The highest BCUT2D eigenvalue weighted by Gasteiger charge is 2.26. The first kappa shape index (κ1) is 22.5. The van der Waals surface area contributed by atoms with Gasteiger partial charge in [-0.3, -0.25) is 19.7 Å². The third kappa shape index (κ3) is 5.56. The van der Waals surface area contributed by atoms with E-state index in [0.29, 0.717) is 22.9 Å². The first-order valence-electron chi connectivity index (χ1n) is 10.6. The van der Waals surface area contributed by atoms with Crippen LogP contribution in [0.15, 0.2) is 54.6 Å². The highest BCUT2D eigenvalue weighted by Crippen LogP contribution is 2.38. The maximum Gasteiger partial charge on any atom is 0.269 e. The number of nitrogens with zero attached hydrogens (tertiary/aromatic N) is 1. The molecule has 1 heterocycles. The van der Waals surface area contributed by atoms with E-state index in [4.69, 9.17) is 4.74 Å². The number of aryl methyl sites for hydroxylation is 1. The second kappa shape index (κ2) is 10.3. The Balaban J connectivity index is 1.44. The number of hydrogen-bond donors (Lipinski definition) is 2. The minimum atomic E-state index is -0.501. The molecule has 0 saturated heterocycles. The van der Waals surface area contributed by atoms with Crippen LogP contribution >= 0.6 is 11.3 Å². The molecule has 0 spiro atoms. The van der Waals surface area contributed by atoms with E-state index in [0.717, 1.165) is 41.7 Å². The van der Waals surface area contributed by atoms with Crippen LogP contribution in [0.1, 0.15) is 39.2 Å². The predicted octanol–water partition coefficient (Wildman–Crippen LogP) is 4.48. The molecule has 0 atom stereocenters. The SMILES string of the molecule is O=C(COc1ccc([N+](=O)[O-])cc1)Nc1sc2c(c1C(=O)NCc1ccccc1)CCCC2. The third-order valence-corrected chi connectivity index (χ3v) is 6.57. The van der Waals surface area contributed by atoms with E-state index in [9.17, 15) is 19.7 Å². The van der Waals surface area contributed by atoms with E-state index in [1.807, 2.05) is 30.3 Å². The van der Waals surface area contributed by atoms with E-state index in [2.05, 4.69) is 10.6 Å². The minimum Gasteiger partial charge on any atom is -0.484 e. The van der Waals surface area contributed by atoms with Gasteiger partial charge < -0.3 is 15.4 Å². The number of carbonyl (C=O) groups is 2. The molecule has 2 amide bonds. The highest BCUT2D eigenvalue weighted by atomic mass is 32.1. The van der Waals surface area contributed by atoms with Crippen LogP contribution in [0.25, 0.3) is 0 Å². The van der Waals surface area contributed by atoms with Gasteiger partial charge in [-0.15, -0.1) is 11.3 Å². The molecular formula is C24H23N3O5S. The van der Waals surface area contributed by atoms with Crippen molar-refractivity contribution < 1.29 is 19.2 Å². The molecule has 3 aromatic rings. The normalized spacial score (nSPS) is 12.5. The maximum absolute atomic E-state index is 13.1. The molecule has 0 saturated carbocycles. The zero-order chi connectivity index (χ0) is 23.2. The van der Waals surface area contributed by atoms with Crippen molar-refractivity contribution >= 4 is 33.8 Å². The predicted molar refractivity (Wildman–Crippen MR) is 126 cm³/mol. The van der Waals surface area contributed by atoms with Gasteiger partial charge in [0.2, 0.25) is 0 Å². The fourth-order valence-corrected chi connectivity index (χ4v) is 5.04. The van der Waals surface area contributed by atoms with Crippen molar-refractivity contribution in [2.24, 2.45) is 0 Å². The molecule has 0 unspecified atom stereocenters. The monoisotopic (exact) mass is 465 g/mol. The molecule has 9 heteroatoms. The van der Waals surface area contributed by atoms with Gasteiger partial charge in [0.05, 0.1) is 10.5 Å². The molecule has 0 radical (unpaired) electrons. The number of rotatable bonds is 8. The van der Waals surface area contributed by atoms with Crippen LogP contribution in [-0.2, 0) is 24.2 Å². The van der Waals surface area contributed by atoms with E-state index >= 15 is 0 Å². The number of hydrogen-bond acceptors (Lipinski definition) is 6. The Morgan fingerprint density at radius 1 is 1.03 bits per heavy atom. The third-order valence-electron chi connectivity index (χ3n) is 5.36. The molecule has 1 aliphatic rings. The van der Waals surface area contributed by atoms with Gasteiger partial charge in [0.1, 0.15) is 10.8 Å². The Morgan fingerprint density at radius 2 is 1.76 bits per heavy atom. The highest BCUT2D eigenvalue weighted by molar-refractivity contribution is 7.17. The Kier molecular flexibility index (Phi) is 6.99. The smallest absolute Gasteiger partial charge is 0.269 e. The molecule has 8 nitrogen and oxygen atoms in total. The van der Waals surface area contributed by atoms with Crippen molar-refractivity contribution in [2.45, 2.75) is 32.2 Å². The average Bonchev–Trinajstić information content (AvgIpc) is 3.20. The number of nitro groups is 1. The van der Waals surface area contributed by atoms with Gasteiger partial charge in [0.15, 0.2) is 6.61 Å².